The summed E-state index contributed by atoms with van der Waals surface area (Å²) in [5.74, 6) is -2.36. The Hall–Kier alpha value is -2.56. The van der Waals surface area contributed by atoms with Gasteiger partial charge in [-0.25, -0.2) is 4.79 Å². The zero-order valence-electron chi connectivity index (χ0n) is 18.8. The van der Waals surface area contributed by atoms with Crippen LogP contribution in [0, 0.1) is 6.92 Å². The number of aliphatic hydroxyl groups excluding tert-OH is 1. The minimum Gasteiger partial charge on any atom is -0.480 e. The first-order valence-corrected chi connectivity index (χ1v) is 11.7. The molecule has 2 heterocycles. The fraction of sp³-hybridized carbons (Fsp3) is 0.455. The number of thioether (sulfide) groups is 1. The lowest BCUT2D eigenvalue weighted by Crippen LogP contribution is -2.57. The molecule has 178 valence electrons. The molecule has 0 aliphatic carbocycles. The zero-order chi connectivity index (χ0) is 24.5. The van der Waals surface area contributed by atoms with Crippen molar-refractivity contribution in [1.29, 1.82) is 0 Å². The lowest BCUT2D eigenvalue weighted by Gasteiger charge is -2.31. The standard InChI is InChI=1S/C22H27ClN4O5S/c1-12-15(18(23)26(4)25-12)19(29)24-14(10-13-8-6-5-7-9-13)16(28)20(30)27-11-33-22(2,3)17(27)21(31)32/h5-9,14,16-17,28H,10-11H2,1-4H3,(H,24,29)(H,31,32). The summed E-state index contributed by atoms with van der Waals surface area (Å²) in [5, 5.41) is 27.7. The van der Waals surface area contributed by atoms with Crippen molar-refractivity contribution in [1.82, 2.24) is 20.0 Å². The maximum atomic E-state index is 13.2. The van der Waals surface area contributed by atoms with Gasteiger partial charge in [0, 0.05) is 11.8 Å². The summed E-state index contributed by atoms with van der Waals surface area (Å²) >= 11 is 7.54. The van der Waals surface area contributed by atoms with E-state index in [-0.39, 0.29) is 23.0 Å². The molecule has 1 fully saturated rings. The number of aromatic nitrogens is 2. The van der Waals surface area contributed by atoms with Gasteiger partial charge in [-0.2, -0.15) is 5.10 Å². The molecule has 3 atom stereocenters. The van der Waals surface area contributed by atoms with E-state index in [1.54, 1.807) is 27.8 Å². The Morgan fingerprint density at radius 2 is 1.94 bits per heavy atom. The van der Waals surface area contributed by atoms with Crippen LogP contribution in [0.15, 0.2) is 30.3 Å². The van der Waals surface area contributed by atoms with Gasteiger partial charge in [0.2, 0.25) is 0 Å². The van der Waals surface area contributed by atoms with Crippen LogP contribution in [0.1, 0.15) is 35.5 Å². The highest BCUT2D eigenvalue weighted by atomic mass is 35.5. The van der Waals surface area contributed by atoms with Crippen molar-refractivity contribution in [2.45, 2.75) is 50.1 Å². The van der Waals surface area contributed by atoms with Crippen molar-refractivity contribution in [3.05, 3.63) is 52.3 Å². The predicted octanol–water partition coefficient (Wildman–Crippen LogP) is 1.85. The number of aliphatic carboxylic acids is 1. The van der Waals surface area contributed by atoms with E-state index in [4.69, 9.17) is 11.6 Å². The van der Waals surface area contributed by atoms with E-state index in [0.29, 0.717) is 5.69 Å². The summed E-state index contributed by atoms with van der Waals surface area (Å²) in [6.45, 7) is 5.12. The Bertz CT molecular complexity index is 1060. The van der Waals surface area contributed by atoms with E-state index in [2.05, 4.69) is 10.4 Å². The van der Waals surface area contributed by atoms with Crippen LogP contribution < -0.4 is 5.32 Å². The molecule has 2 amide bonds. The molecule has 3 rings (SSSR count). The first kappa shape index (κ1) is 25.1. The number of carboxylic acids is 1. The Morgan fingerprint density at radius 3 is 2.48 bits per heavy atom. The third-order valence-corrected chi connectivity index (χ3v) is 7.50. The second kappa shape index (κ2) is 9.74. The monoisotopic (exact) mass is 494 g/mol. The Balaban J connectivity index is 1.89. The second-order valence-corrected chi connectivity index (χ2v) is 10.5. The molecule has 1 aromatic heterocycles. The topological polar surface area (TPSA) is 125 Å². The van der Waals surface area contributed by atoms with Crippen LogP contribution in [0.4, 0.5) is 0 Å². The molecule has 33 heavy (non-hydrogen) atoms. The molecule has 1 aromatic carbocycles. The van der Waals surface area contributed by atoms with Crippen LogP contribution in [0.5, 0.6) is 0 Å². The Kier molecular flexibility index (Phi) is 7.40. The molecule has 1 aliphatic rings. The summed E-state index contributed by atoms with van der Waals surface area (Å²) in [6.07, 6.45) is -1.51. The average Bonchev–Trinajstić information content (AvgIpc) is 3.21. The van der Waals surface area contributed by atoms with Crippen molar-refractivity contribution in [2.24, 2.45) is 7.05 Å². The fourth-order valence-electron chi connectivity index (χ4n) is 3.97. The van der Waals surface area contributed by atoms with E-state index >= 15 is 0 Å². The van der Waals surface area contributed by atoms with Gasteiger partial charge in [-0.3, -0.25) is 14.3 Å². The summed E-state index contributed by atoms with van der Waals surface area (Å²) in [4.78, 5) is 39.3. The Labute approximate surface area is 201 Å². The summed E-state index contributed by atoms with van der Waals surface area (Å²) in [5.41, 5.74) is 1.34. The van der Waals surface area contributed by atoms with Crippen molar-refractivity contribution < 1.29 is 24.6 Å². The number of amides is 2. The number of aryl methyl sites for hydroxylation is 2. The van der Waals surface area contributed by atoms with Crippen molar-refractivity contribution in [3.63, 3.8) is 0 Å². The molecule has 1 aliphatic heterocycles. The molecule has 0 spiro atoms. The van der Waals surface area contributed by atoms with Crippen LogP contribution in [0.25, 0.3) is 0 Å². The van der Waals surface area contributed by atoms with Crippen LogP contribution in [0.3, 0.4) is 0 Å². The number of aliphatic hydroxyl groups is 1. The molecule has 3 N–H and O–H groups in total. The van der Waals surface area contributed by atoms with E-state index in [0.717, 1.165) is 10.5 Å². The predicted molar refractivity (Wildman–Crippen MR) is 125 cm³/mol. The second-order valence-electron chi connectivity index (χ2n) is 8.52. The highest BCUT2D eigenvalue weighted by Crippen LogP contribution is 2.39. The Morgan fingerprint density at radius 1 is 1.30 bits per heavy atom. The average molecular weight is 495 g/mol. The lowest BCUT2D eigenvalue weighted by molar-refractivity contribution is -0.154. The number of hydrogen-bond acceptors (Lipinski definition) is 6. The number of hydrogen-bond donors (Lipinski definition) is 3. The number of halogens is 1. The maximum Gasteiger partial charge on any atom is 0.327 e. The largest absolute Gasteiger partial charge is 0.480 e. The SMILES string of the molecule is Cc1nn(C)c(Cl)c1C(=O)NC(Cc1ccccc1)C(O)C(=O)N1CSC(C)(C)C1C(=O)O. The van der Waals surface area contributed by atoms with E-state index in [1.807, 2.05) is 30.3 Å². The van der Waals surface area contributed by atoms with Crippen molar-refractivity contribution >= 4 is 41.1 Å². The van der Waals surface area contributed by atoms with Crippen LogP contribution in [-0.2, 0) is 23.1 Å². The van der Waals surface area contributed by atoms with Gasteiger partial charge in [0.1, 0.15) is 11.2 Å². The van der Waals surface area contributed by atoms with Gasteiger partial charge in [-0.15, -0.1) is 11.8 Å². The molecule has 0 bridgehead atoms. The normalized spacial score (nSPS) is 19.2. The molecule has 0 saturated carbocycles. The molecule has 9 nitrogen and oxygen atoms in total. The van der Waals surface area contributed by atoms with E-state index in [1.165, 1.54) is 16.4 Å². The highest BCUT2D eigenvalue weighted by Gasteiger charge is 2.50. The number of nitrogens with zero attached hydrogens (tertiary/aromatic N) is 3. The lowest BCUT2D eigenvalue weighted by atomic mass is 9.97. The van der Waals surface area contributed by atoms with Gasteiger partial charge in [-0.1, -0.05) is 41.9 Å². The van der Waals surface area contributed by atoms with Gasteiger partial charge in [0.25, 0.3) is 11.8 Å². The summed E-state index contributed by atoms with van der Waals surface area (Å²) in [7, 11) is 1.60. The third kappa shape index (κ3) is 5.18. The van der Waals surface area contributed by atoms with Gasteiger partial charge >= 0.3 is 5.97 Å². The molecule has 0 radical (unpaired) electrons. The molecular weight excluding hydrogens is 468 g/mol. The van der Waals surface area contributed by atoms with Crippen LogP contribution in [0.2, 0.25) is 5.15 Å². The number of carbonyl (C=O) groups is 3. The van der Waals surface area contributed by atoms with E-state index < -0.39 is 40.7 Å². The number of rotatable bonds is 7. The number of carbonyl (C=O) groups excluding carboxylic acids is 2. The molecular formula is C22H27ClN4O5S. The molecule has 1 saturated heterocycles. The van der Waals surface area contributed by atoms with Gasteiger partial charge in [0.05, 0.1) is 23.2 Å². The summed E-state index contributed by atoms with van der Waals surface area (Å²) < 4.78 is 0.639. The first-order chi connectivity index (χ1) is 15.4. The van der Waals surface area contributed by atoms with E-state index in [9.17, 15) is 24.6 Å². The van der Waals surface area contributed by atoms with Crippen molar-refractivity contribution in [2.75, 3.05) is 5.88 Å². The maximum absolute atomic E-state index is 13.2. The minimum absolute atomic E-state index is 0.124. The minimum atomic E-state index is -1.67. The molecule has 2 aromatic rings. The zero-order valence-corrected chi connectivity index (χ0v) is 20.4. The third-order valence-electron chi connectivity index (χ3n) is 5.69. The van der Waals surface area contributed by atoms with Crippen LogP contribution in [-0.4, -0.2) is 71.5 Å². The summed E-state index contributed by atoms with van der Waals surface area (Å²) in [6, 6.07) is 6.95. The first-order valence-electron chi connectivity index (χ1n) is 10.3. The van der Waals surface area contributed by atoms with Gasteiger partial charge < -0.3 is 20.4 Å². The fourth-order valence-corrected chi connectivity index (χ4v) is 5.36. The molecule has 3 unspecified atom stereocenters. The van der Waals surface area contributed by atoms with Gasteiger partial charge in [0.15, 0.2) is 6.10 Å². The molecule has 11 heteroatoms. The highest BCUT2D eigenvalue weighted by molar-refractivity contribution is 8.00. The smallest absolute Gasteiger partial charge is 0.327 e. The number of benzene rings is 1. The van der Waals surface area contributed by atoms with Crippen LogP contribution >= 0.6 is 23.4 Å². The van der Waals surface area contributed by atoms with Gasteiger partial charge in [-0.05, 0) is 32.8 Å². The quantitative estimate of drug-likeness (QED) is 0.536. The number of nitrogens with one attached hydrogen (secondary N) is 1. The number of carboxylic acid groups (broad SMARTS) is 1. The van der Waals surface area contributed by atoms with Crippen molar-refractivity contribution in [3.8, 4) is 0 Å².